The highest BCUT2D eigenvalue weighted by Gasteiger charge is 2.10. The fourth-order valence-electron chi connectivity index (χ4n) is 2.23. The molecule has 6 heteroatoms. The quantitative estimate of drug-likeness (QED) is 0.780. The Kier molecular flexibility index (Phi) is 4.60. The number of aliphatic hydroxyl groups excluding tert-OH is 1. The van der Waals surface area contributed by atoms with Crippen molar-refractivity contribution >= 4 is 22.4 Å². The Morgan fingerprint density at radius 3 is 2.70 bits per heavy atom. The first-order chi connectivity index (χ1) is 11.1. The lowest BCUT2D eigenvalue weighted by Crippen LogP contribution is -2.31. The molecule has 2 aromatic carbocycles. The van der Waals surface area contributed by atoms with Crippen LogP contribution in [0.1, 0.15) is 0 Å². The molecular weight excluding hydrogens is 316 g/mol. The molecule has 3 aromatic rings. The van der Waals surface area contributed by atoms with E-state index in [-0.39, 0.29) is 18.7 Å². The molecule has 0 aliphatic carbocycles. The molecule has 1 aromatic heterocycles. The van der Waals surface area contributed by atoms with Crippen molar-refractivity contribution in [3.63, 3.8) is 0 Å². The smallest absolute Gasteiger partial charge is 0.274 e. The number of aromatic nitrogens is 2. The number of aliphatic hydroxyl groups is 1. The van der Waals surface area contributed by atoms with Gasteiger partial charge in [-0.15, -0.1) is 0 Å². The van der Waals surface area contributed by atoms with Crippen molar-refractivity contribution in [2.75, 3.05) is 6.61 Å². The van der Waals surface area contributed by atoms with E-state index in [1.54, 1.807) is 42.6 Å². The highest BCUT2D eigenvalue weighted by molar-refractivity contribution is 6.30. The van der Waals surface area contributed by atoms with E-state index in [9.17, 15) is 9.90 Å². The molecule has 0 saturated heterocycles. The van der Waals surface area contributed by atoms with Gasteiger partial charge in [0.1, 0.15) is 18.5 Å². The van der Waals surface area contributed by atoms with Crippen LogP contribution in [0.5, 0.6) is 5.75 Å². The molecule has 3 rings (SSSR count). The van der Waals surface area contributed by atoms with Gasteiger partial charge in [-0.05, 0) is 30.3 Å². The van der Waals surface area contributed by atoms with Crippen molar-refractivity contribution < 1.29 is 9.84 Å². The minimum absolute atomic E-state index is 0.0581. The van der Waals surface area contributed by atoms with E-state index < -0.39 is 6.10 Å². The second kappa shape index (κ2) is 6.81. The van der Waals surface area contributed by atoms with Crippen LogP contribution in [0.2, 0.25) is 5.02 Å². The molecule has 1 unspecified atom stereocenters. The van der Waals surface area contributed by atoms with Gasteiger partial charge in [0.2, 0.25) is 0 Å². The van der Waals surface area contributed by atoms with Gasteiger partial charge >= 0.3 is 0 Å². The third kappa shape index (κ3) is 3.70. The first-order valence-corrected chi connectivity index (χ1v) is 7.52. The maximum Gasteiger partial charge on any atom is 0.274 e. The number of hydrogen-bond acceptors (Lipinski definition) is 4. The summed E-state index contributed by atoms with van der Waals surface area (Å²) in [4.78, 5) is 12.3. The van der Waals surface area contributed by atoms with Crippen LogP contribution in [0.3, 0.4) is 0 Å². The third-order valence-electron chi connectivity index (χ3n) is 3.40. The summed E-state index contributed by atoms with van der Waals surface area (Å²) in [5, 5.41) is 16.1. The molecule has 0 bridgehead atoms. The largest absolute Gasteiger partial charge is 0.491 e. The minimum Gasteiger partial charge on any atom is -0.491 e. The normalized spacial score (nSPS) is 12.3. The van der Waals surface area contributed by atoms with Crippen LogP contribution in [-0.2, 0) is 6.54 Å². The molecule has 0 aliphatic heterocycles. The fourth-order valence-corrected chi connectivity index (χ4v) is 2.36. The zero-order chi connectivity index (χ0) is 16.2. The number of hydrogen-bond donors (Lipinski definition) is 1. The summed E-state index contributed by atoms with van der Waals surface area (Å²) >= 11 is 5.80. The predicted molar refractivity (Wildman–Crippen MR) is 89.0 cm³/mol. The monoisotopic (exact) mass is 330 g/mol. The summed E-state index contributed by atoms with van der Waals surface area (Å²) in [6.07, 6.45) is 0.765. The van der Waals surface area contributed by atoms with Crippen molar-refractivity contribution in [1.29, 1.82) is 0 Å². The number of halogens is 1. The Labute approximate surface area is 137 Å². The van der Waals surface area contributed by atoms with Gasteiger partial charge in [-0.25, -0.2) is 4.68 Å². The lowest BCUT2D eigenvalue weighted by atomic mass is 10.2. The lowest BCUT2D eigenvalue weighted by molar-refractivity contribution is 0.0881. The molecule has 1 heterocycles. The molecule has 118 valence electrons. The summed E-state index contributed by atoms with van der Waals surface area (Å²) in [5.41, 5.74) is -0.228. The predicted octanol–water partition coefficient (Wildman–Crippen LogP) is 2.49. The second-order valence-electron chi connectivity index (χ2n) is 5.14. The standard InChI is InChI=1S/C17H15ClN2O3/c18-13-5-7-15(8-6-13)23-11-14(21)10-20-17(22)16-4-2-1-3-12(16)9-19-20/h1-9,14,21H,10-11H2. The summed E-state index contributed by atoms with van der Waals surface area (Å²) in [6.45, 7) is 0.125. The van der Waals surface area contributed by atoms with Crippen LogP contribution in [0.15, 0.2) is 59.5 Å². The summed E-state index contributed by atoms with van der Waals surface area (Å²) in [6, 6.07) is 14.1. The average molecular weight is 331 g/mol. The fraction of sp³-hybridized carbons (Fsp3) is 0.176. The molecule has 0 spiro atoms. The minimum atomic E-state index is -0.850. The zero-order valence-electron chi connectivity index (χ0n) is 12.2. The first-order valence-electron chi connectivity index (χ1n) is 7.15. The van der Waals surface area contributed by atoms with Crippen LogP contribution in [-0.4, -0.2) is 27.6 Å². The van der Waals surface area contributed by atoms with Gasteiger partial charge in [0.15, 0.2) is 0 Å². The summed E-state index contributed by atoms with van der Waals surface area (Å²) in [5.74, 6) is 0.604. The molecule has 1 atom stereocenters. The van der Waals surface area contributed by atoms with Crippen molar-refractivity contribution in [1.82, 2.24) is 9.78 Å². The molecular formula is C17H15ClN2O3. The zero-order valence-corrected chi connectivity index (χ0v) is 13.0. The molecule has 1 N–H and O–H groups in total. The Morgan fingerprint density at radius 2 is 1.91 bits per heavy atom. The number of fused-ring (bicyclic) bond motifs is 1. The highest BCUT2D eigenvalue weighted by atomic mass is 35.5. The van der Waals surface area contributed by atoms with Crippen molar-refractivity contribution in [3.05, 3.63) is 70.1 Å². The average Bonchev–Trinajstić information content (AvgIpc) is 2.57. The highest BCUT2D eigenvalue weighted by Crippen LogP contribution is 2.15. The number of nitrogens with zero attached hydrogens (tertiary/aromatic N) is 2. The van der Waals surface area contributed by atoms with E-state index in [1.807, 2.05) is 12.1 Å². The van der Waals surface area contributed by atoms with E-state index >= 15 is 0 Å². The SMILES string of the molecule is O=c1c2ccccc2cnn1CC(O)COc1ccc(Cl)cc1. The maximum absolute atomic E-state index is 12.3. The Morgan fingerprint density at radius 1 is 1.17 bits per heavy atom. The van der Waals surface area contributed by atoms with Crippen LogP contribution in [0.25, 0.3) is 10.8 Å². The van der Waals surface area contributed by atoms with E-state index in [0.29, 0.717) is 16.2 Å². The van der Waals surface area contributed by atoms with Gasteiger partial charge in [0.25, 0.3) is 5.56 Å². The Balaban J connectivity index is 1.68. The molecule has 5 nitrogen and oxygen atoms in total. The van der Waals surface area contributed by atoms with Gasteiger partial charge in [-0.2, -0.15) is 5.10 Å². The second-order valence-corrected chi connectivity index (χ2v) is 5.57. The van der Waals surface area contributed by atoms with Crippen LogP contribution < -0.4 is 10.3 Å². The summed E-state index contributed by atoms with van der Waals surface area (Å²) in [7, 11) is 0. The van der Waals surface area contributed by atoms with E-state index in [1.165, 1.54) is 4.68 Å². The number of benzene rings is 2. The van der Waals surface area contributed by atoms with Crippen LogP contribution >= 0.6 is 11.6 Å². The number of rotatable bonds is 5. The van der Waals surface area contributed by atoms with E-state index in [4.69, 9.17) is 16.3 Å². The molecule has 0 aliphatic rings. The topological polar surface area (TPSA) is 64.4 Å². The molecule has 0 radical (unpaired) electrons. The van der Waals surface area contributed by atoms with Gasteiger partial charge in [0, 0.05) is 10.4 Å². The molecule has 0 fully saturated rings. The Bertz CT molecular complexity index is 862. The van der Waals surface area contributed by atoms with Crippen molar-refractivity contribution in [2.45, 2.75) is 12.6 Å². The van der Waals surface area contributed by atoms with Gasteiger partial charge in [-0.3, -0.25) is 4.79 Å². The van der Waals surface area contributed by atoms with Crippen LogP contribution in [0, 0.1) is 0 Å². The summed E-state index contributed by atoms with van der Waals surface area (Å²) < 4.78 is 6.72. The van der Waals surface area contributed by atoms with Gasteiger partial charge in [-0.1, -0.05) is 29.8 Å². The Hall–Kier alpha value is -2.37. The third-order valence-corrected chi connectivity index (χ3v) is 3.65. The van der Waals surface area contributed by atoms with E-state index in [0.717, 1.165) is 5.39 Å². The first kappa shape index (κ1) is 15.5. The van der Waals surface area contributed by atoms with Gasteiger partial charge in [0.05, 0.1) is 18.1 Å². The van der Waals surface area contributed by atoms with Gasteiger partial charge < -0.3 is 9.84 Å². The molecule has 0 saturated carbocycles. The molecule has 23 heavy (non-hydrogen) atoms. The van der Waals surface area contributed by atoms with Crippen molar-refractivity contribution in [3.8, 4) is 5.75 Å². The van der Waals surface area contributed by atoms with Crippen LogP contribution in [0.4, 0.5) is 0 Å². The number of ether oxygens (including phenoxy) is 1. The van der Waals surface area contributed by atoms with Crippen molar-refractivity contribution in [2.24, 2.45) is 0 Å². The van der Waals surface area contributed by atoms with E-state index in [2.05, 4.69) is 5.10 Å². The maximum atomic E-state index is 12.3. The molecule has 0 amide bonds. The lowest BCUT2D eigenvalue weighted by Gasteiger charge is -2.13.